The summed E-state index contributed by atoms with van der Waals surface area (Å²) in [7, 11) is 0. The van der Waals surface area contributed by atoms with Crippen molar-refractivity contribution in [2.45, 2.75) is 51.6 Å². The molecule has 1 aromatic carbocycles. The molecule has 0 unspecified atom stereocenters. The van der Waals surface area contributed by atoms with Gasteiger partial charge in [0.05, 0.1) is 17.7 Å². The van der Waals surface area contributed by atoms with Crippen molar-refractivity contribution in [3.05, 3.63) is 30.1 Å². The van der Waals surface area contributed by atoms with Crippen LogP contribution < -0.4 is 10.9 Å². The minimum absolute atomic E-state index is 0.0101. The monoisotopic (exact) mass is 282 g/mol. The molecule has 0 bridgehead atoms. The van der Waals surface area contributed by atoms with Gasteiger partial charge in [-0.1, -0.05) is 38.8 Å². The summed E-state index contributed by atoms with van der Waals surface area (Å²) in [5.41, 5.74) is 4.18. The van der Waals surface area contributed by atoms with Crippen LogP contribution in [-0.2, 0) is 4.79 Å². The number of hydrogen-bond donors (Lipinski definition) is 3. The third-order valence-electron chi connectivity index (χ3n) is 3.13. The summed E-state index contributed by atoms with van der Waals surface area (Å²) >= 11 is 0. The van der Waals surface area contributed by atoms with Crippen molar-refractivity contribution in [1.29, 1.82) is 0 Å². The molecule has 112 valence electrons. The van der Waals surface area contributed by atoms with Crippen molar-refractivity contribution in [1.82, 2.24) is 5.43 Å². The number of benzene rings is 1. The van der Waals surface area contributed by atoms with Crippen LogP contribution in [0.1, 0.15) is 46.0 Å². The van der Waals surface area contributed by atoms with Crippen LogP contribution in [0.2, 0.25) is 0 Å². The molecule has 0 spiro atoms. The van der Waals surface area contributed by atoms with Crippen molar-refractivity contribution < 1.29 is 14.3 Å². The second-order valence-corrected chi connectivity index (χ2v) is 5.05. The first kappa shape index (κ1) is 16.4. The van der Waals surface area contributed by atoms with Gasteiger partial charge in [-0.25, -0.2) is 4.39 Å². The van der Waals surface area contributed by atoms with Crippen molar-refractivity contribution in [2.75, 3.05) is 5.43 Å². The fourth-order valence-electron chi connectivity index (χ4n) is 2.28. The van der Waals surface area contributed by atoms with E-state index in [1.54, 1.807) is 12.1 Å². The molecule has 0 saturated heterocycles. The van der Waals surface area contributed by atoms with Crippen LogP contribution in [0.4, 0.5) is 10.1 Å². The van der Waals surface area contributed by atoms with E-state index in [9.17, 15) is 14.3 Å². The van der Waals surface area contributed by atoms with Gasteiger partial charge in [-0.15, -0.1) is 0 Å². The Bertz CT molecular complexity index is 432. The average molecular weight is 282 g/mol. The SMILES string of the molecule is CCCC(O)(CCC)CC(=O)NNc1ccccc1F. The Balaban J connectivity index is 2.52. The van der Waals surface area contributed by atoms with Gasteiger partial charge in [0.15, 0.2) is 0 Å². The Hall–Kier alpha value is -1.62. The molecule has 0 aromatic heterocycles. The minimum atomic E-state index is -0.982. The summed E-state index contributed by atoms with van der Waals surface area (Å²) in [6, 6.07) is 6.07. The molecule has 1 amide bonds. The Morgan fingerprint density at radius 1 is 1.25 bits per heavy atom. The van der Waals surface area contributed by atoms with Gasteiger partial charge >= 0.3 is 0 Å². The van der Waals surface area contributed by atoms with Crippen molar-refractivity contribution in [3.63, 3.8) is 0 Å². The molecule has 0 saturated carbocycles. The van der Waals surface area contributed by atoms with Crippen LogP contribution in [0.15, 0.2) is 24.3 Å². The molecule has 20 heavy (non-hydrogen) atoms. The topological polar surface area (TPSA) is 61.4 Å². The molecule has 0 aliphatic carbocycles. The second-order valence-electron chi connectivity index (χ2n) is 5.05. The summed E-state index contributed by atoms with van der Waals surface area (Å²) < 4.78 is 13.4. The molecule has 1 rings (SSSR count). The van der Waals surface area contributed by atoms with Crippen molar-refractivity contribution >= 4 is 11.6 Å². The lowest BCUT2D eigenvalue weighted by Gasteiger charge is -2.26. The summed E-state index contributed by atoms with van der Waals surface area (Å²) in [4.78, 5) is 11.8. The smallest absolute Gasteiger partial charge is 0.241 e. The van der Waals surface area contributed by atoms with E-state index >= 15 is 0 Å². The van der Waals surface area contributed by atoms with Gasteiger partial charge in [-0.2, -0.15) is 0 Å². The molecule has 1 aromatic rings. The molecule has 0 aliphatic heterocycles. The number of anilines is 1. The maximum Gasteiger partial charge on any atom is 0.241 e. The van der Waals surface area contributed by atoms with Crippen LogP contribution >= 0.6 is 0 Å². The summed E-state index contributed by atoms with van der Waals surface area (Å²) in [5.74, 6) is -0.789. The van der Waals surface area contributed by atoms with Gasteiger partial charge in [-0.05, 0) is 25.0 Å². The number of rotatable bonds is 8. The van der Waals surface area contributed by atoms with Gasteiger partial charge in [0.25, 0.3) is 0 Å². The summed E-state index contributed by atoms with van der Waals surface area (Å²) in [5, 5.41) is 10.4. The number of hydrogen-bond acceptors (Lipinski definition) is 3. The van der Waals surface area contributed by atoms with Gasteiger partial charge < -0.3 is 5.11 Å². The normalized spacial score (nSPS) is 11.2. The Labute approximate surface area is 119 Å². The lowest BCUT2D eigenvalue weighted by atomic mass is 9.89. The fraction of sp³-hybridized carbons (Fsp3) is 0.533. The maximum atomic E-state index is 13.4. The van der Waals surface area contributed by atoms with Gasteiger partial charge in [0.1, 0.15) is 5.82 Å². The first-order valence-electron chi connectivity index (χ1n) is 7.02. The van der Waals surface area contributed by atoms with E-state index in [0.29, 0.717) is 12.8 Å². The molecular weight excluding hydrogens is 259 g/mol. The van der Waals surface area contributed by atoms with E-state index in [-0.39, 0.29) is 18.0 Å². The number of amides is 1. The standard InChI is InChI=1S/C15H23FN2O2/c1-3-9-15(20,10-4-2)11-14(19)18-17-13-8-6-5-7-12(13)16/h5-8,17,20H,3-4,9-11H2,1-2H3,(H,18,19). The Morgan fingerprint density at radius 2 is 1.85 bits per heavy atom. The van der Waals surface area contributed by atoms with Gasteiger partial charge in [-0.3, -0.25) is 15.6 Å². The second kappa shape index (κ2) is 7.85. The third-order valence-corrected chi connectivity index (χ3v) is 3.13. The molecular formula is C15H23FN2O2. The fourth-order valence-corrected chi connectivity index (χ4v) is 2.28. The van der Waals surface area contributed by atoms with Gasteiger partial charge in [0.2, 0.25) is 5.91 Å². The van der Waals surface area contributed by atoms with Crippen molar-refractivity contribution in [3.8, 4) is 0 Å². The highest BCUT2D eigenvalue weighted by molar-refractivity contribution is 5.78. The molecule has 0 radical (unpaired) electrons. The highest BCUT2D eigenvalue weighted by atomic mass is 19.1. The minimum Gasteiger partial charge on any atom is -0.389 e. The Morgan fingerprint density at radius 3 is 2.40 bits per heavy atom. The third kappa shape index (κ3) is 5.17. The Kier molecular flexibility index (Phi) is 6.45. The largest absolute Gasteiger partial charge is 0.389 e. The number of halogens is 1. The number of carbonyl (C=O) groups is 1. The molecule has 0 aliphatic rings. The first-order valence-corrected chi connectivity index (χ1v) is 7.02. The summed E-state index contributed by atoms with van der Waals surface area (Å²) in [6.45, 7) is 3.94. The highest BCUT2D eigenvalue weighted by Gasteiger charge is 2.28. The van der Waals surface area contributed by atoms with E-state index < -0.39 is 11.4 Å². The number of para-hydroxylation sites is 1. The van der Waals surface area contributed by atoms with E-state index in [1.807, 2.05) is 13.8 Å². The number of carbonyl (C=O) groups excluding carboxylic acids is 1. The van der Waals surface area contributed by atoms with Crippen molar-refractivity contribution in [2.24, 2.45) is 0 Å². The van der Waals surface area contributed by atoms with Crippen LogP contribution in [0, 0.1) is 5.82 Å². The van der Waals surface area contributed by atoms with Crippen LogP contribution in [0.3, 0.4) is 0 Å². The summed E-state index contributed by atoms with van der Waals surface area (Å²) in [6.07, 6.45) is 2.78. The van der Waals surface area contributed by atoms with Crippen LogP contribution in [0.5, 0.6) is 0 Å². The van der Waals surface area contributed by atoms with Crippen LogP contribution in [0.25, 0.3) is 0 Å². The molecule has 0 fully saturated rings. The number of hydrazine groups is 1. The van der Waals surface area contributed by atoms with E-state index in [2.05, 4.69) is 10.9 Å². The maximum absolute atomic E-state index is 13.4. The predicted octanol–water partition coefficient (Wildman–Crippen LogP) is 2.99. The number of aliphatic hydroxyl groups is 1. The lowest BCUT2D eigenvalue weighted by Crippen LogP contribution is -2.39. The lowest BCUT2D eigenvalue weighted by molar-refractivity contribution is -0.126. The van der Waals surface area contributed by atoms with E-state index in [4.69, 9.17) is 0 Å². The first-order chi connectivity index (χ1) is 9.50. The molecule has 3 N–H and O–H groups in total. The quantitative estimate of drug-likeness (QED) is 0.642. The molecule has 4 nitrogen and oxygen atoms in total. The van der Waals surface area contributed by atoms with Gasteiger partial charge in [0, 0.05) is 0 Å². The highest BCUT2D eigenvalue weighted by Crippen LogP contribution is 2.23. The average Bonchev–Trinajstić information content (AvgIpc) is 2.38. The predicted molar refractivity (Wildman–Crippen MR) is 77.5 cm³/mol. The van der Waals surface area contributed by atoms with Crippen LogP contribution in [-0.4, -0.2) is 16.6 Å². The van der Waals surface area contributed by atoms with E-state index in [1.165, 1.54) is 12.1 Å². The number of nitrogens with one attached hydrogen (secondary N) is 2. The zero-order valence-electron chi connectivity index (χ0n) is 12.1. The van der Waals surface area contributed by atoms with E-state index in [0.717, 1.165) is 12.8 Å². The zero-order valence-corrected chi connectivity index (χ0v) is 12.1. The molecule has 5 heteroatoms. The molecule has 0 heterocycles. The zero-order chi connectivity index (χ0) is 15.0. The molecule has 0 atom stereocenters.